The van der Waals surface area contributed by atoms with E-state index < -0.39 is 10.0 Å². The number of sulfonamides is 1. The number of ether oxygens (including phenoxy) is 1. The van der Waals surface area contributed by atoms with E-state index in [0.717, 1.165) is 0 Å². The smallest absolute Gasteiger partial charge is 0.241 e. The average Bonchev–Trinajstić information content (AvgIpc) is 2.77. The molecule has 0 aliphatic rings. The van der Waals surface area contributed by atoms with Crippen molar-refractivity contribution in [3.8, 4) is 0 Å². The summed E-state index contributed by atoms with van der Waals surface area (Å²) in [4.78, 5) is 0.826. The number of thiophene rings is 1. The molecular weight excluding hydrogens is 274 g/mol. The summed E-state index contributed by atoms with van der Waals surface area (Å²) in [6, 6.07) is 1.47. The first-order valence-electron chi connectivity index (χ1n) is 5.71. The maximum atomic E-state index is 11.8. The van der Waals surface area contributed by atoms with E-state index in [2.05, 4.69) is 4.72 Å². The van der Waals surface area contributed by atoms with Crippen molar-refractivity contribution in [1.82, 2.24) is 4.72 Å². The predicted molar refractivity (Wildman–Crippen MR) is 71.1 cm³/mol. The molecule has 0 radical (unpaired) electrons. The van der Waals surface area contributed by atoms with Gasteiger partial charge in [0.25, 0.3) is 0 Å². The SMILES string of the molecule is CC(C)COCCNS(=O)(=O)c1csc(CO)c1. The van der Waals surface area contributed by atoms with Gasteiger partial charge < -0.3 is 9.84 Å². The first kappa shape index (κ1) is 15.6. The lowest BCUT2D eigenvalue weighted by Crippen LogP contribution is -2.27. The van der Waals surface area contributed by atoms with Crippen LogP contribution in [0, 0.1) is 5.92 Å². The highest BCUT2D eigenvalue weighted by Crippen LogP contribution is 2.18. The minimum absolute atomic E-state index is 0.141. The van der Waals surface area contributed by atoms with Crippen LogP contribution in [-0.4, -0.2) is 33.3 Å². The Morgan fingerprint density at radius 1 is 1.50 bits per heavy atom. The maximum Gasteiger partial charge on any atom is 0.241 e. The number of nitrogens with one attached hydrogen (secondary N) is 1. The van der Waals surface area contributed by atoms with Gasteiger partial charge in [-0.1, -0.05) is 13.8 Å². The van der Waals surface area contributed by atoms with E-state index in [1.807, 2.05) is 13.8 Å². The topological polar surface area (TPSA) is 75.6 Å². The monoisotopic (exact) mass is 293 g/mol. The Balaban J connectivity index is 2.40. The molecule has 1 aromatic rings. The molecule has 104 valence electrons. The Kier molecular flexibility index (Phi) is 6.24. The first-order valence-corrected chi connectivity index (χ1v) is 8.07. The molecule has 0 saturated heterocycles. The largest absolute Gasteiger partial charge is 0.391 e. The van der Waals surface area contributed by atoms with E-state index in [0.29, 0.717) is 24.0 Å². The molecule has 2 N–H and O–H groups in total. The van der Waals surface area contributed by atoms with Gasteiger partial charge >= 0.3 is 0 Å². The van der Waals surface area contributed by atoms with Crippen LogP contribution in [0.3, 0.4) is 0 Å². The second kappa shape index (κ2) is 7.20. The number of aliphatic hydroxyl groups is 1. The van der Waals surface area contributed by atoms with E-state index in [-0.39, 0.29) is 18.0 Å². The third-order valence-electron chi connectivity index (χ3n) is 2.09. The summed E-state index contributed by atoms with van der Waals surface area (Å²) in [5, 5.41) is 10.4. The van der Waals surface area contributed by atoms with Gasteiger partial charge in [0.15, 0.2) is 0 Å². The van der Waals surface area contributed by atoms with Gasteiger partial charge in [-0.2, -0.15) is 0 Å². The molecule has 0 fully saturated rings. The molecule has 0 saturated carbocycles. The van der Waals surface area contributed by atoms with Crippen molar-refractivity contribution in [2.24, 2.45) is 5.92 Å². The lowest BCUT2D eigenvalue weighted by atomic mass is 10.2. The summed E-state index contributed by atoms with van der Waals surface area (Å²) in [7, 11) is -3.48. The van der Waals surface area contributed by atoms with E-state index in [4.69, 9.17) is 9.84 Å². The van der Waals surface area contributed by atoms with Crippen molar-refractivity contribution in [2.75, 3.05) is 19.8 Å². The van der Waals surface area contributed by atoms with Crippen LogP contribution < -0.4 is 4.72 Å². The highest BCUT2D eigenvalue weighted by atomic mass is 32.2. The summed E-state index contributed by atoms with van der Waals surface area (Å²) in [5.74, 6) is 0.436. The number of rotatable bonds is 8. The Morgan fingerprint density at radius 3 is 2.78 bits per heavy atom. The van der Waals surface area contributed by atoms with Gasteiger partial charge in [0.1, 0.15) is 0 Å². The van der Waals surface area contributed by atoms with Gasteiger partial charge in [-0.3, -0.25) is 0 Å². The molecule has 0 atom stereocenters. The highest BCUT2D eigenvalue weighted by Gasteiger charge is 2.15. The average molecular weight is 293 g/mol. The molecular formula is C11H19NO4S2. The summed E-state index contributed by atoms with van der Waals surface area (Å²) >= 11 is 1.22. The van der Waals surface area contributed by atoms with Gasteiger partial charge in [-0.25, -0.2) is 13.1 Å². The Hall–Kier alpha value is -0.470. The molecule has 1 aromatic heterocycles. The second-order valence-corrected chi connectivity index (χ2v) is 7.04. The van der Waals surface area contributed by atoms with E-state index in [1.165, 1.54) is 22.8 Å². The molecule has 0 aromatic carbocycles. The minimum Gasteiger partial charge on any atom is -0.391 e. The summed E-state index contributed by atoms with van der Waals surface area (Å²) in [6.07, 6.45) is 0. The molecule has 0 bridgehead atoms. The molecule has 5 nitrogen and oxygen atoms in total. The summed E-state index contributed by atoms with van der Waals surface area (Å²) < 4.78 is 31.4. The summed E-state index contributed by atoms with van der Waals surface area (Å²) in [6.45, 7) is 5.15. The highest BCUT2D eigenvalue weighted by molar-refractivity contribution is 7.89. The van der Waals surface area contributed by atoms with Crippen LogP contribution in [0.25, 0.3) is 0 Å². The Bertz CT molecular complexity index is 453. The molecule has 0 aliphatic heterocycles. The van der Waals surface area contributed by atoms with Gasteiger partial charge in [0.05, 0.1) is 18.1 Å². The van der Waals surface area contributed by atoms with Crippen LogP contribution in [0.1, 0.15) is 18.7 Å². The normalized spacial score (nSPS) is 12.2. The molecule has 18 heavy (non-hydrogen) atoms. The zero-order chi connectivity index (χ0) is 13.6. The fourth-order valence-electron chi connectivity index (χ4n) is 1.23. The van der Waals surface area contributed by atoms with Gasteiger partial charge in [0, 0.05) is 23.4 Å². The van der Waals surface area contributed by atoms with Gasteiger partial charge in [-0.05, 0) is 12.0 Å². The van der Waals surface area contributed by atoms with E-state index in [9.17, 15) is 8.42 Å². The second-order valence-electron chi connectivity index (χ2n) is 4.27. The van der Waals surface area contributed by atoms with Crippen LogP contribution in [0.2, 0.25) is 0 Å². The quantitative estimate of drug-likeness (QED) is 0.706. The van der Waals surface area contributed by atoms with Crippen LogP contribution in [0.15, 0.2) is 16.3 Å². The molecule has 1 heterocycles. The first-order chi connectivity index (χ1) is 8.45. The van der Waals surface area contributed by atoms with Crippen molar-refractivity contribution in [1.29, 1.82) is 0 Å². The molecule has 1 rings (SSSR count). The molecule has 7 heteroatoms. The fraction of sp³-hybridized carbons (Fsp3) is 0.636. The van der Waals surface area contributed by atoms with Crippen LogP contribution >= 0.6 is 11.3 Å². The molecule has 0 spiro atoms. The van der Waals surface area contributed by atoms with Crippen molar-refractivity contribution in [3.63, 3.8) is 0 Å². The van der Waals surface area contributed by atoms with Crippen LogP contribution in [0.4, 0.5) is 0 Å². The zero-order valence-corrected chi connectivity index (χ0v) is 12.2. The van der Waals surface area contributed by atoms with Crippen LogP contribution in [0.5, 0.6) is 0 Å². The minimum atomic E-state index is -3.48. The number of aliphatic hydroxyl groups excluding tert-OH is 1. The Labute approximate surface area is 112 Å². The third kappa shape index (κ3) is 5.03. The zero-order valence-electron chi connectivity index (χ0n) is 10.5. The standard InChI is InChI=1S/C11H19NO4S2/c1-9(2)7-16-4-3-12-18(14,15)11-5-10(6-13)17-8-11/h5,8-9,12-13H,3-4,6-7H2,1-2H3. The Morgan fingerprint density at radius 2 is 2.22 bits per heavy atom. The van der Waals surface area contributed by atoms with Crippen molar-refractivity contribution < 1.29 is 18.3 Å². The lowest BCUT2D eigenvalue weighted by molar-refractivity contribution is 0.114. The number of hydrogen-bond acceptors (Lipinski definition) is 5. The van der Waals surface area contributed by atoms with Crippen LogP contribution in [-0.2, 0) is 21.4 Å². The predicted octanol–water partition coefficient (Wildman–Crippen LogP) is 1.19. The summed E-state index contributed by atoms with van der Waals surface area (Å²) in [5.41, 5.74) is 0. The molecule has 0 amide bonds. The molecule has 0 aliphatic carbocycles. The van der Waals surface area contributed by atoms with Crippen molar-refractivity contribution >= 4 is 21.4 Å². The fourth-order valence-corrected chi connectivity index (χ4v) is 3.38. The van der Waals surface area contributed by atoms with Gasteiger partial charge in [0.2, 0.25) is 10.0 Å². The van der Waals surface area contributed by atoms with E-state index >= 15 is 0 Å². The lowest BCUT2D eigenvalue weighted by Gasteiger charge is -2.07. The van der Waals surface area contributed by atoms with Crippen molar-refractivity contribution in [2.45, 2.75) is 25.3 Å². The third-order valence-corrected chi connectivity index (χ3v) is 4.60. The number of hydrogen-bond donors (Lipinski definition) is 2. The molecule has 0 unspecified atom stereocenters. The van der Waals surface area contributed by atoms with E-state index in [1.54, 1.807) is 0 Å². The van der Waals surface area contributed by atoms with Crippen molar-refractivity contribution in [3.05, 3.63) is 16.3 Å². The van der Waals surface area contributed by atoms with Gasteiger partial charge in [-0.15, -0.1) is 11.3 Å². The maximum absolute atomic E-state index is 11.8.